The fraction of sp³-hybridized carbons (Fsp3) is 0.357. The SMILES string of the molecule is Cc1ccc(CS(=O)(=O)c2ccc(C(C)C)nc2)nn1. The summed E-state index contributed by atoms with van der Waals surface area (Å²) in [6.45, 7) is 5.83. The highest BCUT2D eigenvalue weighted by atomic mass is 32.2. The topological polar surface area (TPSA) is 72.8 Å². The van der Waals surface area contributed by atoms with E-state index in [2.05, 4.69) is 15.2 Å². The molecule has 5 nitrogen and oxygen atoms in total. The molecule has 6 heteroatoms. The van der Waals surface area contributed by atoms with Gasteiger partial charge < -0.3 is 0 Å². The lowest BCUT2D eigenvalue weighted by molar-refractivity contribution is 0.593. The van der Waals surface area contributed by atoms with Crippen LogP contribution >= 0.6 is 0 Å². The predicted molar refractivity (Wildman–Crippen MR) is 76.0 cm³/mol. The molecular formula is C14H17N3O2S. The van der Waals surface area contributed by atoms with E-state index in [9.17, 15) is 8.42 Å². The molecule has 2 heterocycles. The second-order valence-electron chi connectivity index (χ2n) is 5.00. The van der Waals surface area contributed by atoms with Gasteiger partial charge in [0, 0.05) is 11.9 Å². The molecule has 0 bridgehead atoms. The molecule has 0 amide bonds. The summed E-state index contributed by atoms with van der Waals surface area (Å²) in [5.74, 6) is 0.109. The highest BCUT2D eigenvalue weighted by molar-refractivity contribution is 7.90. The third kappa shape index (κ3) is 3.39. The van der Waals surface area contributed by atoms with Crippen molar-refractivity contribution in [3.8, 4) is 0 Å². The summed E-state index contributed by atoms with van der Waals surface area (Å²) < 4.78 is 24.5. The van der Waals surface area contributed by atoms with Crippen LogP contribution in [0.25, 0.3) is 0 Å². The Hall–Kier alpha value is -1.82. The molecule has 2 aromatic rings. The number of pyridine rings is 1. The Morgan fingerprint density at radius 1 is 1.10 bits per heavy atom. The van der Waals surface area contributed by atoms with Crippen molar-refractivity contribution in [1.82, 2.24) is 15.2 Å². The number of aromatic nitrogens is 3. The number of hydrogen-bond donors (Lipinski definition) is 0. The van der Waals surface area contributed by atoms with E-state index in [4.69, 9.17) is 0 Å². The van der Waals surface area contributed by atoms with Gasteiger partial charge in [0.25, 0.3) is 0 Å². The molecule has 0 aromatic carbocycles. The zero-order valence-electron chi connectivity index (χ0n) is 11.7. The molecule has 2 rings (SSSR count). The van der Waals surface area contributed by atoms with Crippen LogP contribution in [0.2, 0.25) is 0 Å². The van der Waals surface area contributed by atoms with Crippen LogP contribution in [-0.4, -0.2) is 23.6 Å². The number of hydrogen-bond acceptors (Lipinski definition) is 5. The maximum atomic E-state index is 12.3. The van der Waals surface area contributed by atoms with Gasteiger partial charge in [-0.1, -0.05) is 13.8 Å². The summed E-state index contributed by atoms with van der Waals surface area (Å²) in [6, 6.07) is 6.77. The first-order chi connectivity index (χ1) is 9.38. The standard InChI is InChI=1S/C14H17N3O2S/c1-10(2)14-7-6-13(8-15-14)20(18,19)9-12-5-4-11(3)16-17-12/h4-8,10H,9H2,1-3H3. The second-order valence-corrected chi connectivity index (χ2v) is 6.99. The summed E-state index contributed by atoms with van der Waals surface area (Å²) in [5, 5.41) is 7.75. The van der Waals surface area contributed by atoms with Gasteiger partial charge >= 0.3 is 0 Å². The normalized spacial score (nSPS) is 11.8. The van der Waals surface area contributed by atoms with Crippen molar-refractivity contribution < 1.29 is 8.42 Å². The lowest BCUT2D eigenvalue weighted by Crippen LogP contribution is -2.08. The number of nitrogens with zero attached hydrogens (tertiary/aromatic N) is 3. The van der Waals surface area contributed by atoms with E-state index in [0.29, 0.717) is 5.69 Å². The van der Waals surface area contributed by atoms with Gasteiger partial charge in [0.05, 0.1) is 22.0 Å². The van der Waals surface area contributed by atoms with Gasteiger partial charge in [-0.15, -0.1) is 0 Å². The van der Waals surface area contributed by atoms with Gasteiger partial charge in [0.2, 0.25) is 0 Å². The van der Waals surface area contributed by atoms with Gasteiger partial charge in [-0.25, -0.2) is 8.42 Å². The van der Waals surface area contributed by atoms with Gasteiger partial charge in [-0.3, -0.25) is 4.98 Å². The van der Waals surface area contributed by atoms with Crippen LogP contribution in [0.5, 0.6) is 0 Å². The molecule has 0 fully saturated rings. The minimum absolute atomic E-state index is 0.164. The summed E-state index contributed by atoms with van der Waals surface area (Å²) in [4.78, 5) is 4.40. The molecule has 0 spiro atoms. The molecule has 0 N–H and O–H groups in total. The molecule has 20 heavy (non-hydrogen) atoms. The van der Waals surface area contributed by atoms with Crippen LogP contribution < -0.4 is 0 Å². The fourth-order valence-electron chi connectivity index (χ4n) is 1.70. The first-order valence-electron chi connectivity index (χ1n) is 6.36. The lowest BCUT2D eigenvalue weighted by atomic mass is 10.1. The van der Waals surface area contributed by atoms with E-state index < -0.39 is 9.84 Å². The molecular weight excluding hydrogens is 274 g/mol. The monoisotopic (exact) mass is 291 g/mol. The lowest BCUT2D eigenvalue weighted by Gasteiger charge is -2.07. The number of aryl methyl sites for hydroxylation is 1. The first kappa shape index (κ1) is 14.6. The first-order valence-corrected chi connectivity index (χ1v) is 8.01. The van der Waals surface area contributed by atoms with Crippen LogP contribution in [0.15, 0.2) is 35.4 Å². The molecule has 0 saturated carbocycles. The van der Waals surface area contributed by atoms with Crippen LogP contribution in [0, 0.1) is 6.92 Å². The highest BCUT2D eigenvalue weighted by Crippen LogP contribution is 2.17. The van der Waals surface area contributed by atoms with E-state index in [0.717, 1.165) is 11.4 Å². The van der Waals surface area contributed by atoms with Crippen molar-refractivity contribution in [2.75, 3.05) is 0 Å². The van der Waals surface area contributed by atoms with Crippen molar-refractivity contribution in [3.05, 3.63) is 47.5 Å². The van der Waals surface area contributed by atoms with Crippen molar-refractivity contribution in [1.29, 1.82) is 0 Å². The molecule has 0 aliphatic heterocycles. The Kier molecular flexibility index (Phi) is 4.13. The second kappa shape index (κ2) is 5.66. The molecule has 0 radical (unpaired) electrons. The van der Waals surface area contributed by atoms with Gasteiger partial charge in [-0.2, -0.15) is 10.2 Å². The Bertz CT molecular complexity index is 677. The van der Waals surface area contributed by atoms with Gasteiger partial charge in [0.1, 0.15) is 0 Å². The maximum Gasteiger partial charge on any atom is 0.185 e. The quantitative estimate of drug-likeness (QED) is 0.864. The average molecular weight is 291 g/mol. The zero-order chi connectivity index (χ0) is 14.8. The molecule has 0 aliphatic rings. The van der Waals surface area contributed by atoms with E-state index in [-0.39, 0.29) is 16.6 Å². The van der Waals surface area contributed by atoms with Crippen LogP contribution in [-0.2, 0) is 15.6 Å². The molecule has 0 atom stereocenters. The minimum Gasteiger partial charge on any atom is -0.260 e. The number of rotatable bonds is 4. The van der Waals surface area contributed by atoms with Gasteiger partial charge in [0.15, 0.2) is 9.84 Å². The third-order valence-electron chi connectivity index (χ3n) is 2.90. The molecule has 0 saturated heterocycles. The van der Waals surface area contributed by atoms with Gasteiger partial charge in [-0.05, 0) is 37.1 Å². The summed E-state index contributed by atoms with van der Waals surface area (Å²) in [7, 11) is -3.43. The Morgan fingerprint density at radius 3 is 2.35 bits per heavy atom. The summed E-state index contributed by atoms with van der Waals surface area (Å²) in [6.07, 6.45) is 1.41. The van der Waals surface area contributed by atoms with Crippen molar-refractivity contribution in [2.45, 2.75) is 37.3 Å². The minimum atomic E-state index is -3.43. The van der Waals surface area contributed by atoms with E-state index in [1.807, 2.05) is 13.8 Å². The van der Waals surface area contributed by atoms with E-state index in [1.54, 1.807) is 31.2 Å². The van der Waals surface area contributed by atoms with Crippen molar-refractivity contribution in [2.24, 2.45) is 0 Å². The van der Waals surface area contributed by atoms with E-state index >= 15 is 0 Å². The summed E-state index contributed by atoms with van der Waals surface area (Å²) >= 11 is 0. The molecule has 106 valence electrons. The maximum absolute atomic E-state index is 12.3. The highest BCUT2D eigenvalue weighted by Gasteiger charge is 2.17. The third-order valence-corrected chi connectivity index (χ3v) is 4.54. The smallest absolute Gasteiger partial charge is 0.185 e. The van der Waals surface area contributed by atoms with Crippen molar-refractivity contribution >= 4 is 9.84 Å². The van der Waals surface area contributed by atoms with Crippen LogP contribution in [0.4, 0.5) is 0 Å². The van der Waals surface area contributed by atoms with Crippen LogP contribution in [0.1, 0.15) is 36.8 Å². The molecule has 2 aromatic heterocycles. The number of sulfone groups is 1. The van der Waals surface area contributed by atoms with Crippen LogP contribution in [0.3, 0.4) is 0 Å². The molecule has 0 unspecified atom stereocenters. The van der Waals surface area contributed by atoms with E-state index in [1.165, 1.54) is 6.20 Å². The molecule has 0 aliphatic carbocycles. The zero-order valence-corrected chi connectivity index (χ0v) is 12.6. The Morgan fingerprint density at radius 2 is 1.85 bits per heavy atom. The fourth-order valence-corrected chi connectivity index (χ4v) is 2.90. The average Bonchev–Trinajstić information content (AvgIpc) is 2.41. The van der Waals surface area contributed by atoms with Crippen molar-refractivity contribution in [3.63, 3.8) is 0 Å². The Labute approximate surface area is 119 Å². The summed E-state index contributed by atoms with van der Waals surface area (Å²) in [5.41, 5.74) is 2.07. The largest absolute Gasteiger partial charge is 0.260 e. The predicted octanol–water partition coefficient (Wildman–Crippen LogP) is 2.28. The Balaban J connectivity index is 2.23.